The van der Waals surface area contributed by atoms with Gasteiger partial charge in [0.15, 0.2) is 0 Å². The zero-order valence-corrected chi connectivity index (χ0v) is 11.5. The van der Waals surface area contributed by atoms with Crippen molar-refractivity contribution < 1.29 is 14.8 Å². The zero-order valence-electron chi connectivity index (χ0n) is 11.5. The first-order valence-electron chi connectivity index (χ1n) is 6.93. The highest BCUT2D eigenvalue weighted by Gasteiger charge is 2.44. The third-order valence-corrected chi connectivity index (χ3v) is 4.43. The van der Waals surface area contributed by atoms with Crippen LogP contribution in [0.3, 0.4) is 0 Å². The number of aliphatic carboxylic acids is 1. The lowest BCUT2D eigenvalue weighted by molar-refractivity contribution is -0.384. The number of nitrogens with zero attached hydrogens (tertiary/aromatic N) is 1. The zero-order chi connectivity index (χ0) is 14.8. The van der Waals surface area contributed by atoms with Gasteiger partial charge in [0.25, 0.3) is 5.69 Å². The Kier molecular flexibility index (Phi) is 4.06. The van der Waals surface area contributed by atoms with Crippen molar-refractivity contribution in [2.75, 3.05) is 0 Å². The lowest BCUT2D eigenvalue weighted by Crippen LogP contribution is -2.30. The van der Waals surface area contributed by atoms with Crippen molar-refractivity contribution in [3.05, 3.63) is 39.9 Å². The summed E-state index contributed by atoms with van der Waals surface area (Å²) in [5.74, 6) is -0.268. The normalized spacial score (nSPS) is 25.6. The highest BCUT2D eigenvalue weighted by Crippen LogP contribution is 2.45. The minimum atomic E-state index is -0.744. The van der Waals surface area contributed by atoms with Crippen LogP contribution in [0.1, 0.15) is 38.2 Å². The van der Waals surface area contributed by atoms with E-state index in [1.54, 1.807) is 12.1 Å². The molecule has 2 atom stereocenters. The van der Waals surface area contributed by atoms with Crippen LogP contribution in [0.25, 0.3) is 0 Å². The molecule has 108 valence electrons. The summed E-state index contributed by atoms with van der Waals surface area (Å²) in [7, 11) is 0. The summed E-state index contributed by atoms with van der Waals surface area (Å²) in [5.41, 5.74) is 0.197. The predicted octanol–water partition coefficient (Wildman–Crippen LogP) is 3.42. The van der Waals surface area contributed by atoms with Crippen LogP contribution in [0.4, 0.5) is 5.69 Å². The van der Waals surface area contributed by atoms with Gasteiger partial charge in [-0.3, -0.25) is 14.9 Å². The van der Waals surface area contributed by atoms with Gasteiger partial charge in [-0.15, -0.1) is 0 Å². The largest absolute Gasteiger partial charge is 0.481 e. The van der Waals surface area contributed by atoms with E-state index in [0.29, 0.717) is 25.2 Å². The summed E-state index contributed by atoms with van der Waals surface area (Å²) in [6, 6.07) is 6.22. The fraction of sp³-hybridized carbons (Fsp3) is 0.533. The summed E-state index contributed by atoms with van der Waals surface area (Å²) in [4.78, 5) is 21.8. The first kappa shape index (κ1) is 14.5. The fourth-order valence-electron chi connectivity index (χ4n) is 3.14. The standard InChI is InChI=1S/C15H19NO4/c1-2-11-7-8-15(9-11,14(17)18)10-12-3-5-13(6-4-12)16(19)20/h3-6,11H,2,7-10H2,1H3,(H,17,18). The van der Waals surface area contributed by atoms with Crippen LogP contribution in [-0.4, -0.2) is 16.0 Å². The Hall–Kier alpha value is -1.91. The molecule has 0 radical (unpaired) electrons. The maximum absolute atomic E-state index is 11.7. The van der Waals surface area contributed by atoms with Gasteiger partial charge in [-0.05, 0) is 37.2 Å². The summed E-state index contributed by atoms with van der Waals surface area (Å²) >= 11 is 0. The van der Waals surface area contributed by atoms with E-state index < -0.39 is 16.3 Å². The van der Waals surface area contributed by atoms with E-state index in [2.05, 4.69) is 6.92 Å². The average Bonchev–Trinajstić information content (AvgIpc) is 2.84. The van der Waals surface area contributed by atoms with Crippen LogP contribution in [0.2, 0.25) is 0 Å². The van der Waals surface area contributed by atoms with Crippen LogP contribution in [0.15, 0.2) is 24.3 Å². The molecule has 1 aliphatic rings. The topological polar surface area (TPSA) is 80.4 Å². The SMILES string of the molecule is CCC1CCC(Cc2ccc([N+](=O)[O-])cc2)(C(=O)O)C1. The molecule has 0 heterocycles. The van der Waals surface area contributed by atoms with Gasteiger partial charge < -0.3 is 5.11 Å². The molecule has 1 saturated carbocycles. The molecule has 1 aliphatic carbocycles. The molecule has 2 unspecified atom stereocenters. The van der Waals surface area contributed by atoms with E-state index in [9.17, 15) is 20.0 Å². The highest BCUT2D eigenvalue weighted by molar-refractivity contribution is 5.75. The number of nitro groups is 1. The molecule has 1 aromatic rings. The second-order valence-electron chi connectivity index (χ2n) is 5.70. The fourth-order valence-corrected chi connectivity index (χ4v) is 3.14. The first-order chi connectivity index (χ1) is 9.47. The monoisotopic (exact) mass is 277 g/mol. The van der Waals surface area contributed by atoms with E-state index in [4.69, 9.17) is 0 Å². The molecule has 0 aromatic heterocycles. The van der Waals surface area contributed by atoms with Crippen molar-refractivity contribution >= 4 is 11.7 Å². The number of carboxylic acids is 1. The highest BCUT2D eigenvalue weighted by atomic mass is 16.6. The minimum absolute atomic E-state index is 0.0379. The second-order valence-corrected chi connectivity index (χ2v) is 5.70. The number of carboxylic acid groups (broad SMARTS) is 1. The van der Waals surface area contributed by atoms with Gasteiger partial charge >= 0.3 is 5.97 Å². The van der Waals surface area contributed by atoms with E-state index in [1.165, 1.54) is 12.1 Å². The predicted molar refractivity (Wildman–Crippen MR) is 74.5 cm³/mol. The molecule has 5 nitrogen and oxygen atoms in total. The Morgan fingerprint density at radius 1 is 1.45 bits per heavy atom. The van der Waals surface area contributed by atoms with Gasteiger partial charge in [-0.2, -0.15) is 0 Å². The van der Waals surface area contributed by atoms with Crippen molar-refractivity contribution in [1.29, 1.82) is 0 Å². The minimum Gasteiger partial charge on any atom is -0.481 e. The van der Waals surface area contributed by atoms with Crippen LogP contribution < -0.4 is 0 Å². The number of benzene rings is 1. The van der Waals surface area contributed by atoms with Crippen molar-refractivity contribution in [3.63, 3.8) is 0 Å². The molecular weight excluding hydrogens is 258 g/mol. The number of non-ortho nitro benzene ring substituents is 1. The Labute approximate surface area is 117 Å². The first-order valence-corrected chi connectivity index (χ1v) is 6.93. The molecule has 0 aliphatic heterocycles. The number of rotatable bonds is 5. The maximum Gasteiger partial charge on any atom is 0.309 e. The second kappa shape index (κ2) is 5.61. The molecule has 0 bridgehead atoms. The van der Waals surface area contributed by atoms with Gasteiger partial charge in [0.1, 0.15) is 0 Å². The van der Waals surface area contributed by atoms with E-state index in [0.717, 1.165) is 18.4 Å². The van der Waals surface area contributed by atoms with Crippen LogP contribution in [0, 0.1) is 21.4 Å². The third-order valence-electron chi connectivity index (χ3n) is 4.43. The molecule has 5 heteroatoms. The maximum atomic E-state index is 11.7. The lowest BCUT2D eigenvalue weighted by atomic mass is 9.79. The van der Waals surface area contributed by atoms with E-state index >= 15 is 0 Å². The molecular formula is C15H19NO4. The van der Waals surface area contributed by atoms with Crippen LogP contribution in [0.5, 0.6) is 0 Å². The lowest BCUT2D eigenvalue weighted by Gasteiger charge is -2.24. The molecule has 1 N–H and O–H groups in total. The van der Waals surface area contributed by atoms with Gasteiger partial charge in [-0.25, -0.2) is 0 Å². The van der Waals surface area contributed by atoms with Gasteiger partial charge in [-0.1, -0.05) is 25.5 Å². The molecule has 0 spiro atoms. The number of hydrogen-bond acceptors (Lipinski definition) is 3. The summed E-state index contributed by atoms with van der Waals surface area (Å²) in [6.07, 6.45) is 3.82. The van der Waals surface area contributed by atoms with E-state index in [1.807, 2.05) is 0 Å². The summed E-state index contributed by atoms with van der Waals surface area (Å²) in [6.45, 7) is 2.09. The van der Waals surface area contributed by atoms with Crippen molar-refractivity contribution in [2.24, 2.45) is 11.3 Å². The van der Waals surface area contributed by atoms with Crippen molar-refractivity contribution in [2.45, 2.75) is 39.0 Å². The summed E-state index contributed by atoms with van der Waals surface area (Å²) < 4.78 is 0. The Bertz CT molecular complexity index is 511. The Morgan fingerprint density at radius 2 is 2.10 bits per heavy atom. The molecule has 0 amide bonds. The smallest absolute Gasteiger partial charge is 0.309 e. The molecule has 1 aromatic carbocycles. The quantitative estimate of drug-likeness (QED) is 0.660. The molecule has 0 saturated heterocycles. The van der Waals surface area contributed by atoms with Crippen LogP contribution >= 0.6 is 0 Å². The van der Waals surface area contributed by atoms with Gasteiger partial charge in [0.05, 0.1) is 10.3 Å². The Balaban J connectivity index is 2.17. The molecule has 1 fully saturated rings. The number of nitro benzene ring substituents is 1. The third kappa shape index (κ3) is 2.81. The van der Waals surface area contributed by atoms with Gasteiger partial charge in [0.2, 0.25) is 0 Å². The Morgan fingerprint density at radius 3 is 2.55 bits per heavy atom. The molecule has 20 heavy (non-hydrogen) atoms. The summed E-state index contributed by atoms with van der Waals surface area (Å²) in [5, 5.41) is 20.2. The van der Waals surface area contributed by atoms with E-state index in [-0.39, 0.29) is 5.69 Å². The van der Waals surface area contributed by atoms with Crippen molar-refractivity contribution in [1.82, 2.24) is 0 Å². The van der Waals surface area contributed by atoms with Gasteiger partial charge in [0, 0.05) is 12.1 Å². The van der Waals surface area contributed by atoms with Crippen LogP contribution in [-0.2, 0) is 11.2 Å². The average molecular weight is 277 g/mol. The number of carbonyl (C=O) groups is 1. The number of hydrogen-bond donors (Lipinski definition) is 1. The van der Waals surface area contributed by atoms with Crippen molar-refractivity contribution in [3.8, 4) is 0 Å². The molecule has 2 rings (SSSR count).